The van der Waals surface area contributed by atoms with E-state index in [2.05, 4.69) is 6.92 Å². The first-order valence-corrected chi connectivity index (χ1v) is 4.53. The molecule has 0 radical (unpaired) electrons. The van der Waals surface area contributed by atoms with Crippen LogP contribution in [0.25, 0.3) is 6.08 Å². The Balaban J connectivity index is 2.70. The summed E-state index contributed by atoms with van der Waals surface area (Å²) in [6.07, 6.45) is 3.78. The quantitative estimate of drug-likeness (QED) is 0.729. The van der Waals surface area contributed by atoms with Gasteiger partial charge in [-0.15, -0.1) is 11.3 Å². The molecule has 0 aliphatic rings. The van der Waals surface area contributed by atoms with E-state index >= 15 is 0 Å². The minimum absolute atomic E-state index is 0.901. The van der Waals surface area contributed by atoms with Crippen LogP contribution in [-0.2, 0) is 11.2 Å². The van der Waals surface area contributed by atoms with Gasteiger partial charge in [-0.05, 0) is 24.6 Å². The third kappa shape index (κ3) is 2.51. The van der Waals surface area contributed by atoms with Crippen LogP contribution in [-0.4, -0.2) is 11.1 Å². The fourth-order valence-corrected chi connectivity index (χ4v) is 1.68. The topological polar surface area (TPSA) is 37.3 Å². The van der Waals surface area contributed by atoms with E-state index < -0.39 is 5.97 Å². The van der Waals surface area contributed by atoms with Gasteiger partial charge in [0.15, 0.2) is 0 Å². The lowest BCUT2D eigenvalue weighted by molar-refractivity contribution is -0.131. The van der Waals surface area contributed by atoms with Gasteiger partial charge in [0.05, 0.1) is 0 Å². The van der Waals surface area contributed by atoms with Gasteiger partial charge in [0.1, 0.15) is 0 Å². The van der Waals surface area contributed by atoms with Gasteiger partial charge < -0.3 is 5.11 Å². The highest BCUT2D eigenvalue weighted by Crippen LogP contribution is 2.17. The zero-order valence-corrected chi connectivity index (χ0v) is 7.60. The molecule has 0 spiro atoms. The minimum atomic E-state index is -0.901. The van der Waals surface area contributed by atoms with E-state index in [0.717, 1.165) is 17.4 Å². The van der Waals surface area contributed by atoms with Crippen molar-refractivity contribution in [3.05, 3.63) is 28.0 Å². The largest absolute Gasteiger partial charge is 0.478 e. The molecule has 0 aromatic carbocycles. The lowest BCUT2D eigenvalue weighted by Crippen LogP contribution is -1.84. The average molecular weight is 182 g/mol. The molecule has 0 fully saturated rings. The summed E-state index contributed by atoms with van der Waals surface area (Å²) >= 11 is 1.62. The number of rotatable bonds is 3. The molecule has 2 nitrogen and oxygen atoms in total. The van der Waals surface area contributed by atoms with Crippen LogP contribution in [0.15, 0.2) is 18.2 Å². The Bertz CT molecular complexity index is 299. The number of thiophene rings is 1. The number of carbonyl (C=O) groups is 1. The van der Waals surface area contributed by atoms with Crippen LogP contribution in [0.2, 0.25) is 0 Å². The smallest absolute Gasteiger partial charge is 0.328 e. The lowest BCUT2D eigenvalue weighted by atomic mass is 10.3. The number of aryl methyl sites for hydroxylation is 1. The van der Waals surface area contributed by atoms with E-state index in [-0.39, 0.29) is 0 Å². The van der Waals surface area contributed by atoms with Crippen molar-refractivity contribution in [1.82, 2.24) is 0 Å². The third-order valence-corrected chi connectivity index (χ3v) is 2.62. The molecule has 0 amide bonds. The number of carboxylic acid groups (broad SMARTS) is 1. The molecule has 0 aliphatic carbocycles. The molecule has 1 aromatic rings. The molecule has 1 rings (SSSR count). The zero-order valence-electron chi connectivity index (χ0n) is 6.78. The Morgan fingerprint density at radius 2 is 2.42 bits per heavy atom. The van der Waals surface area contributed by atoms with Crippen LogP contribution in [0.4, 0.5) is 0 Å². The van der Waals surface area contributed by atoms with Crippen molar-refractivity contribution in [2.45, 2.75) is 13.3 Å². The maximum Gasteiger partial charge on any atom is 0.328 e. The molecule has 1 N–H and O–H groups in total. The predicted octanol–water partition coefficient (Wildman–Crippen LogP) is 2.41. The van der Waals surface area contributed by atoms with E-state index in [9.17, 15) is 4.79 Å². The summed E-state index contributed by atoms with van der Waals surface area (Å²) in [5, 5.41) is 8.36. The molecular formula is C9H10O2S. The highest BCUT2D eigenvalue weighted by atomic mass is 32.1. The summed E-state index contributed by atoms with van der Waals surface area (Å²) in [4.78, 5) is 12.4. The van der Waals surface area contributed by atoms with Crippen LogP contribution < -0.4 is 0 Å². The van der Waals surface area contributed by atoms with Crippen LogP contribution in [0.5, 0.6) is 0 Å². The van der Waals surface area contributed by atoms with Crippen molar-refractivity contribution in [1.29, 1.82) is 0 Å². The maximum absolute atomic E-state index is 10.2. The summed E-state index contributed by atoms with van der Waals surface area (Å²) in [5.41, 5.74) is 0. The first kappa shape index (κ1) is 9.00. The molecule has 64 valence electrons. The normalized spacial score (nSPS) is 10.8. The fourth-order valence-electron chi connectivity index (χ4n) is 0.828. The standard InChI is InChI=1S/C9H10O2S/c1-2-7-3-4-8(12-7)5-6-9(10)11/h3-6H,2H2,1H3,(H,10,11). The third-order valence-electron chi connectivity index (χ3n) is 1.42. The molecule has 0 saturated carbocycles. The van der Waals surface area contributed by atoms with Crippen molar-refractivity contribution >= 4 is 23.4 Å². The van der Waals surface area contributed by atoms with Crippen molar-refractivity contribution < 1.29 is 9.90 Å². The number of hydrogen-bond acceptors (Lipinski definition) is 2. The summed E-state index contributed by atoms with van der Waals surface area (Å²) < 4.78 is 0. The summed E-state index contributed by atoms with van der Waals surface area (Å²) in [7, 11) is 0. The molecule has 0 atom stereocenters. The maximum atomic E-state index is 10.2. The van der Waals surface area contributed by atoms with Crippen molar-refractivity contribution in [3.63, 3.8) is 0 Å². The lowest BCUT2D eigenvalue weighted by Gasteiger charge is -1.83. The van der Waals surface area contributed by atoms with E-state index in [1.807, 2.05) is 12.1 Å². The van der Waals surface area contributed by atoms with Gasteiger partial charge in [0.2, 0.25) is 0 Å². The van der Waals surface area contributed by atoms with Gasteiger partial charge in [0, 0.05) is 15.8 Å². The molecular weight excluding hydrogens is 172 g/mol. The zero-order chi connectivity index (χ0) is 8.97. The Morgan fingerprint density at radius 1 is 1.67 bits per heavy atom. The van der Waals surface area contributed by atoms with Gasteiger partial charge in [-0.25, -0.2) is 4.79 Å². The van der Waals surface area contributed by atoms with Crippen molar-refractivity contribution in [2.75, 3.05) is 0 Å². The Kier molecular flexibility index (Phi) is 3.05. The molecule has 12 heavy (non-hydrogen) atoms. The second-order valence-corrected chi connectivity index (χ2v) is 3.53. The summed E-state index contributed by atoms with van der Waals surface area (Å²) in [6, 6.07) is 3.95. The fraction of sp³-hybridized carbons (Fsp3) is 0.222. The molecule has 3 heteroatoms. The van der Waals surface area contributed by atoms with Crippen LogP contribution in [0, 0.1) is 0 Å². The SMILES string of the molecule is CCc1ccc(C=CC(=O)O)s1. The first-order chi connectivity index (χ1) is 5.72. The molecule has 0 aliphatic heterocycles. The van der Waals surface area contributed by atoms with Gasteiger partial charge >= 0.3 is 5.97 Å². The highest BCUT2D eigenvalue weighted by molar-refractivity contribution is 7.12. The predicted molar refractivity (Wildman–Crippen MR) is 50.4 cm³/mol. The van der Waals surface area contributed by atoms with E-state index in [0.29, 0.717) is 0 Å². The van der Waals surface area contributed by atoms with E-state index in [1.165, 1.54) is 4.88 Å². The minimum Gasteiger partial charge on any atom is -0.478 e. The van der Waals surface area contributed by atoms with Crippen LogP contribution in [0.3, 0.4) is 0 Å². The Morgan fingerprint density at radius 3 is 2.92 bits per heavy atom. The van der Waals surface area contributed by atoms with Gasteiger partial charge in [0.25, 0.3) is 0 Å². The summed E-state index contributed by atoms with van der Waals surface area (Å²) in [6.45, 7) is 2.08. The molecule has 0 saturated heterocycles. The molecule has 1 aromatic heterocycles. The number of carboxylic acids is 1. The van der Waals surface area contributed by atoms with Crippen molar-refractivity contribution in [3.8, 4) is 0 Å². The second kappa shape index (κ2) is 4.07. The Hall–Kier alpha value is -1.09. The van der Waals surface area contributed by atoms with Crippen LogP contribution >= 0.6 is 11.3 Å². The van der Waals surface area contributed by atoms with Crippen LogP contribution in [0.1, 0.15) is 16.7 Å². The number of aliphatic carboxylic acids is 1. The van der Waals surface area contributed by atoms with E-state index in [1.54, 1.807) is 17.4 Å². The number of hydrogen-bond donors (Lipinski definition) is 1. The highest BCUT2D eigenvalue weighted by Gasteiger charge is 1.94. The molecule has 0 bridgehead atoms. The van der Waals surface area contributed by atoms with Crippen molar-refractivity contribution in [2.24, 2.45) is 0 Å². The van der Waals surface area contributed by atoms with E-state index in [4.69, 9.17) is 5.11 Å². The first-order valence-electron chi connectivity index (χ1n) is 3.72. The van der Waals surface area contributed by atoms with Gasteiger partial charge in [-0.3, -0.25) is 0 Å². The molecule has 0 unspecified atom stereocenters. The second-order valence-electron chi connectivity index (χ2n) is 2.33. The van der Waals surface area contributed by atoms with Gasteiger partial charge in [-0.1, -0.05) is 6.92 Å². The molecule has 1 heterocycles. The van der Waals surface area contributed by atoms with Gasteiger partial charge in [-0.2, -0.15) is 0 Å². The Labute approximate surface area is 75.2 Å². The summed E-state index contributed by atoms with van der Waals surface area (Å²) in [5.74, 6) is -0.901. The monoisotopic (exact) mass is 182 g/mol. The average Bonchev–Trinajstić information content (AvgIpc) is 2.48.